The van der Waals surface area contributed by atoms with E-state index in [1.807, 2.05) is 38.1 Å². The molecule has 1 aliphatic rings. The number of fused-ring (bicyclic) bond motifs is 1. The predicted molar refractivity (Wildman–Crippen MR) is 108 cm³/mol. The van der Waals surface area contributed by atoms with Crippen molar-refractivity contribution in [3.63, 3.8) is 0 Å². The highest BCUT2D eigenvalue weighted by atomic mass is 32.2. The summed E-state index contributed by atoms with van der Waals surface area (Å²) in [6.45, 7) is 4.31. The zero-order valence-electron chi connectivity index (χ0n) is 16.2. The molecule has 2 heterocycles. The van der Waals surface area contributed by atoms with Crippen molar-refractivity contribution < 1.29 is 22.5 Å². The minimum atomic E-state index is -3.76. The largest absolute Gasteiger partial charge is 0.497 e. The van der Waals surface area contributed by atoms with Crippen LogP contribution in [0.15, 0.2) is 55.7 Å². The third-order valence-electron chi connectivity index (χ3n) is 4.63. The Morgan fingerprint density at radius 1 is 1.03 bits per heavy atom. The van der Waals surface area contributed by atoms with Crippen LogP contribution in [0.3, 0.4) is 0 Å². The van der Waals surface area contributed by atoms with E-state index < -0.39 is 10.0 Å². The number of morpholine rings is 1. The van der Waals surface area contributed by atoms with Crippen molar-refractivity contribution in [2.45, 2.75) is 40.7 Å². The van der Waals surface area contributed by atoms with Crippen LogP contribution in [0, 0.1) is 0 Å². The van der Waals surface area contributed by atoms with Gasteiger partial charge in [-0.1, -0.05) is 11.8 Å². The van der Waals surface area contributed by atoms with Gasteiger partial charge in [-0.3, -0.25) is 0 Å². The van der Waals surface area contributed by atoms with Gasteiger partial charge in [0.2, 0.25) is 10.0 Å². The fourth-order valence-corrected chi connectivity index (χ4v) is 5.95. The first-order valence-electron chi connectivity index (χ1n) is 9.11. The van der Waals surface area contributed by atoms with Gasteiger partial charge >= 0.3 is 0 Å². The predicted octanol–water partition coefficient (Wildman–Crippen LogP) is 3.18. The standard InChI is InChI=1S/C19H21N3O5S2/c1-12-10-22(11-13(2)26-12)29(23,24)17-9-8-16(18-19(17)21-27-20-18)28-15-6-4-14(25-3)5-7-15/h4-9,12-13H,10-11H2,1-3H3. The van der Waals surface area contributed by atoms with Crippen LogP contribution in [0.2, 0.25) is 0 Å². The van der Waals surface area contributed by atoms with Crippen molar-refractivity contribution in [2.75, 3.05) is 20.2 Å². The molecular formula is C19H21N3O5S2. The van der Waals surface area contributed by atoms with Crippen LogP contribution in [-0.4, -0.2) is 55.4 Å². The first-order valence-corrected chi connectivity index (χ1v) is 11.4. The summed E-state index contributed by atoms with van der Waals surface area (Å²) in [4.78, 5) is 1.81. The zero-order chi connectivity index (χ0) is 20.6. The molecule has 1 saturated heterocycles. The van der Waals surface area contributed by atoms with Crippen molar-refractivity contribution in [3.8, 4) is 5.75 Å². The van der Waals surface area contributed by atoms with Crippen LogP contribution >= 0.6 is 11.8 Å². The van der Waals surface area contributed by atoms with Crippen LogP contribution < -0.4 is 4.74 Å². The van der Waals surface area contributed by atoms with Crippen LogP contribution in [0.25, 0.3) is 11.0 Å². The molecule has 4 rings (SSSR count). The lowest BCUT2D eigenvalue weighted by molar-refractivity contribution is -0.0440. The molecule has 2 unspecified atom stereocenters. The lowest BCUT2D eigenvalue weighted by atomic mass is 10.3. The van der Waals surface area contributed by atoms with E-state index in [1.165, 1.54) is 16.1 Å². The Bertz CT molecular complexity index is 1100. The number of sulfonamides is 1. The molecule has 2 aromatic carbocycles. The van der Waals surface area contributed by atoms with E-state index in [1.54, 1.807) is 19.2 Å². The Hall–Kier alpha value is -2.14. The highest BCUT2D eigenvalue weighted by Gasteiger charge is 2.34. The molecule has 0 radical (unpaired) electrons. The maximum atomic E-state index is 13.3. The second kappa shape index (κ2) is 7.94. The summed E-state index contributed by atoms with van der Waals surface area (Å²) >= 11 is 1.45. The minimum Gasteiger partial charge on any atom is -0.497 e. The lowest BCUT2D eigenvalue weighted by Crippen LogP contribution is -2.48. The van der Waals surface area contributed by atoms with Gasteiger partial charge in [-0.15, -0.1) is 0 Å². The van der Waals surface area contributed by atoms with E-state index in [0.29, 0.717) is 18.6 Å². The van der Waals surface area contributed by atoms with Crippen molar-refractivity contribution in [1.82, 2.24) is 14.6 Å². The average molecular weight is 436 g/mol. The van der Waals surface area contributed by atoms with E-state index in [9.17, 15) is 8.42 Å². The molecule has 2 atom stereocenters. The van der Waals surface area contributed by atoms with E-state index in [2.05, 4.69) is 10.3 Å². The number of ether oxygens (including phenoxy) is 2. The average Bonchev–Trinajstić information content (AvgIpc) is 3.18. The second-order valence-corrected chi connectivity index (χ2v) is 9.90. The number of methoxy groups -OCH3 is 1. The summed E-state index contributed by atoms with van der Waals surface area (Å²) in [6.07, 6.45) is -0.353. The summed E-state index contributed by atoms with van der Waals surface area (Å²) in [5, 5.41) is 7.85. The van der Waals surface area contributed by atoms with Crippen molar-refractivity contribution in [3.05, 3.63) is 36.4 Å². The second-order valence-electron chi connectivity index (χ2n) is 6.88. The molecule has 8 nitrogen and oxygen atoms in total. The Morgan fingerprint density at radius 2 is 1.69 bits per heavy atom. The molecule has 29 heavy (non-hydrogen) atoms. The Labute approximate surface area is 173 Å². The van der Waals surface area contributed by atoms with Crippen LogP contribution in [0.4, 0.5) is 0 Å². The van der Waals surface area contributed by atoms with Gasteiger partial charge in [-0.05, 0) is 60.6 Å². The molecule has 1 aromatic heterocycles. The first-order chi connectivity index (χ1) is 13.9. The molecule has 154 valence electrons. The molecule has 3 aromatic rings. The maximum Gasteiger partial charge on any atom is 0.245 e. The number of rotatable bonds is 5. The summed E-state index contributed by atoms with van der Waals surface area (Å²) in [7, 11) is -2.14. The Balaban J connectivity index is 1.69. The number of hydrogen-bond donors (Lipinski definition) is 0. The molecule has 0 aliphatic carbocycles. The third-order valence-corrected chi connectivity index (χ3v) is 7.55. The normalized spacial score (nSPS) is 20.8. The Kier molecular flexibility index (Phi) is 5.52. The minimum absolute atomic E-state index is 0.0918. The quantitative estimate of drug-likeness (QED) is 0.603. The molecule has 1 fully saturated rings. The molecule has 10 heteroatoms. The highest BCUT2D eigenvalue weighted by Crippen LogP contribution is 2.36. The molecule has 0 saturated carbocycles. The summed E-state index contributed by atoms with van der Waals surface area (Å²) in [6, 6.07) is 10.9. The first kappa shape index (κ1) is 20.1. The monoisotopic (exact) mass is 435 g/mol. The fraction of sp³-hybridized carbons (Fsp3) is 0.368. The van der Waals surface area contributed by atoms with Gasteiger partial charge < -0.3 is 9.47 Å². The molecule has 0 bridgehead atoms. The van der Waals surface area contributed by atoms with Gasteiger partial charge in [0.25, 0.3) is 0 Å². The van der Waals surface area contributed by atoms with Crippen LogP contribution in [0.1, 0.15) is 13.8 Å². The zero-order valence-corrected chi connectivity index (χ0v) is 17.9. The highest BCUT2D eigenvalue weighted by molar-refractivity contribution is 7.99. The van der Waals surface area contributed by atoms with E-state index in [4.69, 9.17) is 14.1 Å². The molecule has 0 spiro atoms. The van der Waals surface area contributed by atoms with Gasteiger partial charge in [-0.2, -0.15) is 4.31 Å². The fourth-order valence-electron chi connectivity index (χ4n) is 3.35. The maximum absolute atomic E-state index is 13.3. The number of nitrogens with zero attached hydrogens (tertiary/aromatic N) is 3. The Morgan fingerprint density at radius 3 is 2.34 bits per heavy atom. The van der Waals surface area contributed by atoms with Gasteiger partial charge in [0.15, 0.2) is 11.0 Å². The van der Waals surface area contributed by atoms with Crippen molar-refractivity contribution in [1.29, 1.82) is 0 Å². The SMILES string of the molecule is COc1ccc(Sc2ccc(S(=O)(=O)N3CC(C)OC(C)C3)c3nonc23)cc1. The van der Waals surface area contributed by atoms with Crippen molar-refractivity contribution >= 4 is 32.8 Å². The van der Waals surface area contributed by atoms with E-state index in [-0.39, 0.29) is 22.6 Å². The van der Waals surface area contributed by atoms with Crippen LogP contribution in [-0.2, 0) is 14.8 Å². The van der Waals surface area contributed by atoms with Gasteiger partial charge in [-0.25, -0.2) is 13.0 Å². The number of benzene rings is 2. The van der Waals surface area contributed by atoms with E-state index in [0.717, 1.165) is 15.5 Å². The van der Waals surface area contributed by atoms with Crippen LogP contribution in [0.5, 0.6) is 5.75 Å². The summed E-state index contributed by atoms with van der Waals surface area (Å²) in [5.41, 5.74) is 0.650. The molecule has 1 aliphatic heterocycles. The van der Waals surface area contributed by atoms with Gasteiger partial charge in [0.05, 0.1) is 19.3 Å². The van der Waals surface area contributed by atoms with Crippen molar-refractivity contribution in [2.24, 2.45) is 0 Å². The molecular weight excluding hydrogens is 414 g/mol. The number of aromatic nitrogens is 2. The number of hydrogen-bond acceptors (Lipinski definition) is 8. The van der Waals surface area contributed by atoms with Gasteiger partial charge in [0, 0.05) is 22.9 Å². The summed E-state index contributed by atoms with van der Waals surface area (Å²) < 4.78 is 43.7. The molecule has 0 N–H and O–H groups in total. The smallest absolute Gasteiger partial charge is 0.245 e. The van der Waals surface area contributed by atoms with Gasteiger partial charge in [0.1, 0.15) is 10.6 Å². The summed E-state index contributed by atoms with van der Waals surface area (Å²) in [5.74, 6) is 0.762. The molecule has 0 amide bonds. The topological polar surface area (TPSA) is 94.8 Å². The lowest BCUT2D eigenvalue weighted by Gasteiger charge is -2.34. The third kappa shape index (κ3) is 3.97. The van der Waals surface area contributed by atoms with E-state index >= 15 is 0 Å².